The van der Waals surface area contributed by atoms with Crippen LogP contribution in [-0.2, 0) is 12.8 Å². The normalized spacial score (nSPS) is 14.1. The van der Waals surface area contributed by atoms with E-state index in [0.717, 1.165) is 36.9 Å². The molecule has 1 aromatic rings. The Hall–Kier alpha value is -1.62. The van der Waals surface area contributed by atoms with Crippen molar-refractivity contribution in [2.45, 2.75) is 32.1 Å². The number of aryl methyl sites for hydroxylation is 2. The number of hydrogen-bond donors (Lipinski definition) is 3. The van der Waals surface area contributed by atoms with Crippen LogP contribution in [0.2, 0.25) is 0 Å². The van der Waals surface area contributed by atoms with Crippen LogP contribution in [0.1, 0.15) is 40.9 Å². The second kappa shape index (κ2) is 5.82. The zero-order valence-corrected chi connectivity index (χ0v) is 10.4. The zero-order chi connectivity index (χ0) is 13.0. The van der Waals surface area contributed by atoms with Gasteiger partial charge in [-0.2, -0.15) is 0 Å². The molecule has 1 aliphatic carbocycles. The summed E-state index contributed by atoms with van der Waals surface area (Å²) >= 11 is 0. The smallest absolute Gasteiger partial charge is 0.261 e. The molecular weight excluding hydrogens is 230 g/mol. The lowest BCUT2D eigenvalue weighted by molar-refractivity contribution is 0.0952. The first-order valence-corrected chi connectivity index (χ1v) is 6.45. The number of aromatic amines is 1. The highest BCUT2D eigenvalue weighted by atomic mass is 16.2. The number of carbonyl (C=O) groups excluding carboxylic acids is 1. The third-order valence-electron chi connectivity index (χ3n) is 3.25. The van der Waals surface area contributed by atoms with Crippen molar-refractivity contribution >= 4 is 5.91 Å². The van der Waals surface area contributed by atoms with E-state index < -0.39 is 0 Å². The molecule has 1 amide bonds. The van der Waals surface area contributed by atoms with Crippen molar-refractivity contribution in [3.05, 3.63) is 33.2 Å². The summed E-state index contributed by atoms with van der Waals surface area (Å²) in [5, 5.41) is 2.71. The molecule has 0 atom stereocenters. The molecule has 1 aromatic heterocycles. The van der Waals surface area contributed by atoms with Crippen LogP contribution >= 0.6 is 0 Å². The molecule has 0 spiro atoms. The molecule has 0 aromatic carbocycles. The lowest BCUT2D eigenvalue weighted by Crippen LogP contribution is -2.32. The van der Waals surface area contributed by atoms with Crippen LogP contribution in [0.15, 0.2) is 10.9 Å². The van der Waals surface area contributed by atoms with Gasteiger partial charge in [-0.25, -0.2) is 0 Å². The van der Waals surface area contributed by atoms with Gasteiger partial charge in [0.05, 0.1) is 0 Å². The molecule has 1 aliphatic rings. The Morgan fingerprint density at radius 2 is 2.17 bits per heavy atom. The van der Waals surface area contributed by atoms with E-state index in [1.807, 2.05) is 0 Å². The van der Waals surface area contributed by atoms with Gasteiger partial charge in [0.1, 0.15) is 5.56 Å². The van der Waals surface area contributed by atoms with Crippen LogP contribution in [0.25, 0.3) is 0 Å². The summed E-state index contributed by atoms with van der Waals surface area (Å²) in [4.78, 5) is 26.5. The van der Waals surface area contributed by atoms with Gasteiger partial charge in [0.25, 0.3) is 11.5 Å². The van der Waals surface area contributed by atoms with Gasteiger partial charge in [0.15, 0.2) is 0 Å². The Morgan fingerprint density at radius 3 is 2.94 bits per heavy atom. The first-order valence-electron chi connectivity index (χ1n) is 6.45. The Kier molecular flexibility index (Phi) is 4.15. The summed E-state index contributed by atoms with van der Waals surface area (Å²) in [5.74, 6) is -0.307. The molecule has 2 rings (SSSR count). The molecule has 4 N–H and O–H groups in total. The molecular formula is C13H19N3O2. The average Bonchev–Trinajstić information content (AvgIpc) is 2.38. The molecule has 5 nitrogen and oxygen atoms in total. The SMILES string of the molecule is NCCCNC(=O)c1cc2c([nH]c1=O)CCCC2. The number of nitrogens with two attached hydrogens (primary N) is 1. The zero-order valence-electron chi connectivity index (χ0n) is 10.4. The van der Waals surface area contributed by atoms with Gasteiger partial charge in [0, 0.05) is 12.2 Å². The fourth-order valence-corrected chi connectivity index (χ4v) is 2.24. The maximum atomic E-state index is 11.9. The molecule has 0 bridgehead atoms. The van der Waals surface area contributed by atoms with E-state index in [0.29, 0.717) is 19.5 Å². The minimum Gasteiger partial charge on any atom is -0.352 e. The maximum Gasteiger partial charge on any atom is 0.261 e. The lowest BCUT2D eigenvalue weighted by atomic mass is 9.95. The summed E-state index contributed by atoms with van der Waals surface area (Å²) in [6, 6.07) is 1.74. The first kappa shape index (κ1) is 12.8. The van der Waals surface area contributed by atoms with Gasteiger partial charge in [-0.05, 0) is 50.3 Å². The van der Waals surface area contributed by atoms with Crippen LogP contribution in [-0.4, -0.2) is 24.0 Å². The number of H-pyrrole nitrogens is 1. The number of aromatic nitrogens is 1. The van der Waals surface area contributed by atoms with Crippen molar-refractivity contribution < 1.29 is 4.79 Å². The van der Waals surface area contributed by atoms with Crippen molar-refractivity contribution in [3.63, 3.8) is 0 Å². The minimum atomic E-state index is -0.307. The van der Waals surface area contributed by atoms with Crippen molar-refractivity contribution in [1.82, 2.24) is 10.3 Å². The van der Waals surface area contributed by atoms with E-state index >= 15 is 0 Å². The number of amides is 1. The molecule has 0 saturated heterocycles. The van der Waals surface area contributed by atoms with Crippen LogP contribution in [0.5, 0.6) is 0 Å². The second-order valence-corrected chi connectivity index (χ2v) is 4.62. The van der Waals surface area contributed by atoms with E-state index in [1.165, 1.54) is 0 Å². The Morgan fingerprint density at radius 1 is 1.39 bits per heavy atom. The van der Waals surface area contributed by atoms with Gasteiger partial charge in [-0.15, -0.1) is 0 Å². The molecule has 0 aliphatic heterocycles. The molecule has 1 heterocycles. The van der Waals surface area contributed by atoms with E-state index in [-0.39, 0.29) is 17.0 Å². The standard InChI is InChI=1S/C13H19N3O2/c14-6-3-7-15-12(17)10-8-9-4-1-2-5-11(9)16-13(10)18/h8H,1-7,14H2,(H,15,17)(H,16,18). The second-order valence-electron chi connectivity index (χ2n) is 4.62. The fourth-order valence-electron chi connectivity index (χ4n) is 2.24. The lowest BCUT2D eigenvalue weighted by Gasteiger charge is -2.15. The maximum absolute atomic E-state index is 11.9. The van der Waals surface area contributed by atoms with E-state index in [4.69, 9.17) is 5.73 Å². The van der Waals surface area contributed by atoms with Gasteiger partial charge in [0.2, 0.25) is 0 Å². The third-order valence-corrected chi connectivity index (χ3v) is 3.25. The summed E-state index contributed by atoms with van der Waals surface area (Å²) in [7, 11) is 0. The molecule has 18 heavy (non-hydrogen) atoms. The highest BCUT2D eigenvalue weighted by molar-refractivity contribution is 5.94. The van der Waals surface area contributed by atoms with Crippen LogP contribution in [0, 0.1) is 0 Å². The average molecular weight is 249 g/mol. The van der Waals surface area contributed by atoms with Crippen LogP contribution < -0.4 is 16.6 Å². The molecule has 0 fully saturated rings. The van der Waals surface area contributed by atoms with E-state index in [9.17, 15) is 9.59 Å². The molecule has 0 radical (unpaired) electrons. The fraction of sp³-hybridized carbons (Fsp3) is 0.538. The summed E-state index contributed by atoms with van der Waals surface area (Å²) in [6.07, 6.45) is 4.78. The third kappa shape index (κ3) is 2.79. The predicted molar refractivity (Wildman–Crippen MR) is 69.7 cm³/mol. The van der Waals surface area contributed by atoms with Gasteiger partial charge in [-0.3, -0.25) is 9.59 Å². The predicted octanol–water partition coefficient (Wildman–Crippen LogP) is 0.332. The molecule has 0 saturated carbocycles. The van der Waals surface area contributed by atoms with Gasteiger partial charge in [-0.1, -0.05) is 0 Å². The Balaban J connectivity index is 2.17. The van der Waals surface area contributed by atoms with Crippen molar-refractivity contribution in [2.75, 3.05) is 13.1 Å². The quantitative estimate of drug-likeness (QED) is 0.672. The summed E-state index contributed by atoms with van der Waals surface area (Å²) in [6.45, 7) is 1.03. The summed E-state index contributed by atoms with van der Waals surface area (Å²) < 4.78 is 0. The van der Waals surface area contributed by atoms with Crippen molar-refractivity contribution in [3.8, 4) is 0 Å². The van der Waals surface area contributed by atoms with Crippen LogP contribution in [0.3, 0.4) is 0 Å². The monoisotopic (exact) mass is 249 g/mol. The molecule has 5 heteroatoms. The number of hydrogen-bond acceptors (Lipinski definition) is 3. The highest BCUT2D eigenvalue weighted by Crippen LogP contribution is 2.18. The number of rotatable bonds is 4. The minimum absolute atomic E-state index is 0.215. The van der Waals surface area contributed by atoms with Gasteiger partial charge >= 0.3 is 0 Å². The molecule has 0 unspecified atom stereocenters. The van der Waals surface area contributed by atoms with Crippen molar-refractivity contribution in [1.29, 1.82) is 0 Å². The van der Waals surface area contributed by atoms with Crippen molar-refractivity contribution in [2.24, 2.45) is 5.73 Å². The number of nitrogens with one attached hydrogen (secondary N) is 2. The number of pyridine rings is 1. The topological polar surface area (TPSA) is 88.0 Å². The largest absolute Gasteiger partial charge is 0.352 e. The number of fused-ring (bicyclic) bond motifs is 1. The highest BCUT2D eigenvalue weighted by Gasteiger charge is 2.16. The Labute approximate surface area is 106 Å². The van der Waals surface area contributed by atoms with E-state index in [1.54, 1.807) is 6.07 Å². The summed E-state index contributed by atoms with van der Waals surface area (Å²) in [5.41, 5.74) is 7.37. The molecule has 98 valence electrons. The Bertz CT molecular complexity index is 493. The first-order chi connectivity index (χ1) is 8.72. The van der Waals surface area contributed by atoms with Gasteiger partial charge < -0.3 is 16.0 Å². The number of carbonyl (C=O) groups is 1. The van der Waals surface area contributed by atoms with E-state index in [2.05, 4.69) is 10.3 Å². The van der Waals surface area contributed by atoms with Crippen LogP contribution in [0.4, 0.5) is 0 Å².